The van der Waals surface area contributed by atoms with Gasteiger partial charge in [-0.1, -0.05) is 30.3 Å². The lowest BCUT2D eigenvalue weighted by Gasteiger charge is -2.31. The molecule has 0 aromatic heterocycles. The van der Waals surface area contributed by atoms with E-state index < -0.39 is 17.7 Å². The average molecular weight is 541 g/mol. The predicted octanol–water partition coefficient (Wildman–Crippen LogP) is 4.56. The number of ketones is 1. The molecule has 1 amide bonds. The van der Waals surface area contributed by atoms with Crippen molar-refractivity contribution in [1.29, 1.82) is 0 Å². The number of amides is 1. The van der Waals surface area contributed by atoms with Crippen LogP contribution >= 0.6 is 0 Å². The summed E-state index contributed by atoms with van der Waals surface area (Å²) in [7, 11) is 0. The molecule has 2 atom stereocenters. The SMILES string of the molecule is CC1Cc2cc(C(O)=C3C(=O)C(=O)N(CCN4CCOCC4)C3c3cccc(Oc4ccccc4)c3)ccc2O1. The number of benzene rings is 3. The first kappa shape index (κ1) is 26.1. The summed E-state index contributed by atoms with van der Waals surface area (Å²) in [5, 5.41) is 11.6. The fourth-order valence-corrected chi connectivity index (χ4v) is 5.63. The highest BCUT2D eigenvalue weighted by atomic mass is 16.5. The number of rotatable bonds is 7. The molecule has 0 aliphatic carbocycles. The van der Waals surface area contributed by atoms with Gasteiger partial charge < -0.3 is 24.2 Å². The summed E-state index contributed by atoms with van der Waals surface area (Å²) in [6, 6.07) is 21.4. The Kier molecular flexibility index (Phi) is 7.28. The third-order valence-electron chi connectivity index (χ3n) is 7.62. The van der Waals surface area contributed by atoms with Gasteiger partial charge in [-0.3, -0.25) is 14.5 Å². The Bertz CT molecular complexity index is 1450. The van der Waals surface area contributed by atoms with Crippen molar-refractivity contribution in [2.75, 3.05) is 39.4 Å². The number of aliphatic hydroxyl groups excluding tert-OH is 1. The Morgan fingerprint density at radius 3 is 2.52 bits per heavy atom. The predicted molar refractivity (Wildman–Crippen MR) is 149 cm³/mol. The molecule has 206 valence electrons. The van der Waals surface area contributed by atoms with Gasteiger partial charge in [0.15, 0.2) is 0 Å². The number of carbonyl (C=O) groups excluding carboxylic acids is 2. The van der Waals surface area contributed by atoms with Crippen LogP contribution in [0.25, 0.3) is 5.76 Å². The van der Waals surface area contributed by atoms with Gasteiger partial charge in [0, 0.05) is 38.2 Å². The summed E-state index contributed by atoms with van der Waals surface area (Å²) in [5.41, 5.74) is 2.22. The molecule has 3 heterocycles. The van der Waals surface area contributed by atoms with Crippen LogP contribution < -0.4 is 9.47 Å². The van der Waals surface area contributed by atoms with Crippen molar-refractivity contribution in [3.63, 3.8) is 0 Å². The number of Topliss-reactive ketones (excluding diaryl/α,β-unsaturated/α-hetero) is 1. The van der Waals surface area contributed by atoms with Crippen molar-refractivity contribution < 1.29 is 28.9 Å². The molecule has 0 saturated carbocycles. The highest BCUT2D eigenvalue weighted by Gasteiger charge is 2.46. The number of likely N-dealkylation sites (tertiary alicyclic amines) is 1. The van der Waals surface area contributed by atoms with Crippen LogP contribution in [0.15, 0.2) is 78.4 Å². The van der Waals surface area contributed by atoms with Crippen LogP contribution in [0.1, 0.15) is 29.7 Å². The Labute approximate surface area is 233 Å². The van der Waals surface area contributed by atoms with Gasteiger partial charge in [-0.15, -0.1) is 0 Å². The van der Waals surface area contributed by atoms with Crippen molar-refractivity contribution in [1.82, 2.24) is 9.80 Å². The smallest absolute Gasteiger partial charge is 0.295 e. The van der Waals surface area contributed by atoms with Gasteiger partial charge in [0.25, 0.3) is 11.7 Å². The van der Waals surface area contributed by atoms with Gasteiger partial charge in [-0.05, 0) is 60.5 Å². The normalized spacial score (nSPS) is 22.3. The van der Waals surface area contributed by atoms with E-state index in [1.807, 2.05) is 73.7 Å². The summed E-state index contributed by atoms with van der Waals surface area (Å²) in [6.07, 6.45) is 0.762. The monoisotopic (exact) mass is 540 g/mol. The summed E-state index contributed by atoms with van der Waals surface area (Å²) in [6.45, 7) is 5.75. The second-order valence-electron chi connectivity index (χ2n) is 10.4. The summed E-state index contributed by atoms with van der Waals surface area (Å²) >= 11 is 0. The van der Waals surface area contributed by atoms with E-state index in [1.165, 1.54) is 0 Å². The lowest BCUT2D eigenvalue weighted by Crippen LogP contribution is -2.42. The molecule has 1 N–H and O–H groups in total. The molecular weight excluding hydrogens is 508 g/mol. The highest BCUT2D eigenvalue weighted by Crippen LogP contribution is 2.41. The molecule has 3 aromatic carbocycles. The van der Waals surface area contributed by atoms with Crippen molar-refractivity contribution in [3.05, 3.63) is 95.1 Å². The summed E-state index contributed by atoms with van der Waals surface area (Å²) < 4.78 is 17.3. The van der Waals surface area contributed by atoms with E-state index in [4.69, 9.17) is 14.2 Å². The van der Waals surface area contributed by atoms with Gasteiger partial charge in [0.05, 0.1) is 24.8 Å². The minimum absolute atomic E-state index is 0.0468. The number of hydrogen-bond donors (Lipinski definition) is 1. The molecule has 3 aliphatic rings. The molecule has 0 spiro atoms. The Hall–Kier alpha value is -4.14. The molecule has 2 saturated heterocycles. The Morgan fingerprint density at radius 1 is 0.950 bits per heavy atom. The lowest BCUT2D eigenvalue weighted by atomic mass is 9.94. The molecule has 8 heteroatoms. The van der Waals surface area contributed by atoms with Crippen molar-refractivity contribution in [2.24, 2.45) is 0 Å². The second kappa shape index (κ2) is 11.2. The van der Waals surface area contributed by atoms with Crippen molar-refractivity contribution >= 4 is 17.4 Å². The maximum Gasteiger partial charge on any atom is 0.295 e. The van der Waals surface area contributed by atoms with Gasteiger partial charge in [0.1, 0.15) is 29.1 Å². The van der Waals surface area contributed by atoms with E-state index in [1.54, 1.807) is 11.0 Å². The highest BCUT2D eigenvalue weighted by molar-refractivity contribution is 6.46. The van der Waals surface area contributed by atoms with Crippen LogP contribution in [-0.2, 0) is 20.7 Å². The van der Waals surface area contributed by atoms with Crippen LogP contribution in [0.3, 0.4) is 0 Å². The zero-order valence-corrected chi connectivity index (χ0v) is 22.4. The summed E-state index contributed by atoms with van der Waals surface area (Å²) in [5.74, 6) is 0.532. The quantitative estimate of drug-likeness (QED) is 0.267. The molecule has 3 aliphatic heterocycles. The van der Waals surface area contributed by atoms with Crippen molar-refractivity contribution in [3.8, 4) is 17.2 Å². The first-order valence-electron chi connectivity index (χ1n) is 13.7. The van der Waals surface area contributed by atoms with Crippen LogP contribution in [0, 0.1) is 0 Å². The van der Waals surface area contributed by atoms with Gasteiger partial charge in [0.2, 0.25) is 0 Å². The molecule has 40 heavy (non-hydrogen) atoms. The van der Waals surface area contributed by atoms with E-state index >= 15 is 0 Å². The molecule has 8 nitrogen and oxygen atoms in total. The van der Waals surface area contributed by atoms with Gasteiger partial charge in [-0.25, -0.2) is 0 Å². The molecule has 0 bridgehead atoms. The van der Waals surface area contributed by atoms with Crippen LogP contribution in [0.2, 0.25) is 0 Å². The third-order valence-corrected chi connectivity index (χ3v) is 7.62. The van der Waals surface area contributed by atoms with Gasteiger partial charge >= 0.3 is 0 Å². The Morgan fingerprint density at radius 2 is 1.73 bits per heavy atom. The van der Waals surface area contributed by atoms with Crippen molar-refractivity contribution in [2.45, 2.75) is 25.5 Å². The van der Waals surface area contributed by atoms with Crippen LogP contribution in [0.5, 0.6) is 17.2 Å². The number of morpholine rings is 1. The lowest BCUT2D eigenvalue weighted by molar-refractivity contribution is -0.140. The van der Waals surface area contributed by atoms with E-state index in [-0.39, 0.29) is 17.4 Å². The third kappa shape index (κ3) is 5.20. The minimum atomic E-state index is -0.760. The van der Waals surface area contributed by atoms with E-state index in [9.17, 15) is 14.7 Å². The molecule has 6 rings (SSSR count). The number of carbonyl (C=O) groups is 2. The maximum atomic E-state index is 13.5. The fraction of sp³-hybridized carbons (Fsp3) is 0.312. The maximum absolute atomic E-state index is 13.5. The van der Waals surface area contributed by atoms with Crippen LogP contribution in [0.4, 0.5) is 0 Å². The largest absolute Gasteiger partial charge is 0.507 e. The topological polar surface area (TPSA) is 88.5 Å². The fourth-order valence-electron chi connectivity index (χ4n) is 5.63. The summed E-state index contributed by atoms with van der Waals surface area (Å²) in [4.78, 5) is 30.8. The molecule has 0 radical (unpaired) electrons. The van der Waals surface area contributed by atoms with E-state index in [0.29, 0.717) is 55.4 Å². The minimum Gasteiger partial charge on any atom is -0.507 e. The first-order chi connectivity index (χ1) is 19.5. The number of hydrogen-bond acceptors (Lipinski definition) is 7. The van der Waals surface area contributed by atoms with E-state index in [2.05, 4.69) is 4.90 Å². The first-order valence-corrected chi connectivity index (χ1v) is 13.7. The standard InChI is InChI=1S/C32H32N2O6/c1-21-18-24-19-23(10-11-27(24)39-21)30(35)28-29(22-6-5-9-26(20-22)40-25-7-3-2-4-8-25)34(32(37)31(28)36)13-12-33-14-16-38-17-15-33/h2-11,19-21,29,35H,12-18H2,1H3. The number of para-hydroxylation sites is 1. The molecule has 2 unspecified atom stereocenters. The number of ether oxygens (including phenoxy) is 3. The zero-order chi connectivity index (χ0) is 27.6. The number of aliphatic hydroxyl groups is 1. The van der Waals surface area contributed by atoms with E-state index in [0.717, 1.165) is 24.4 Å². The number of nitrogens with zero attached hydrogens (tertiary/aromatic N) is 2. The molecule has 2 fully saturated rings. The number of fused-ring (bicyclic) bond motifs is 1. The Balaban J connectivity index is 1.38. The zero-order valence-electron chi connectivity index (χ0n) is 22.4. The molecular formula is C32H32N2O6. The van der Waals surface area contributed by atoms with Gasteiger partial charge in [-0.2, -0.15) is 0 Å². The second-order valence-corrected chi connectivity index (χ2v) is 10.4. The average Bonchev–Trinajstić information content (AvgIpc) is 3.47. The molecule has 3 aromatic rings. The van der Waals surface area contributed by atoms with Crippen LogP contribution in [-0.4, -0.2) is 72.1 Å².